The van der Waals surface area contributed by atoms with E-state index >= 15 is 0 Å². The minimum absolute atomic E-state index is 0.673. The fraction of sp³-hybridized carbons (Fsp3) is 0.714. The molecule has 2 unspecified atom stereocenters. The van der Waals surface area contributed by atoms with E-state index in [0.717, 1.165) is 35.5 Å². The third-order valence-corrected chi connectivity index (χ3v) is 4.65. The van der Waals surface area contributed by atoms with Crippen LogP contribution in [-0.2, 0) is 0 Å². The second-order valence-electron chi connectivity index (χ2n) is 5.81. The van der Waals surface area contributed by atoms with E-state index < -0.39 is 0 Å². The minimum Gasteiger partial charge on any atom is -0.353 e. The molecule has 19 heavy (non-hydrogen) atoms. The van der Waals surface area contributed by atoms with Crippen LogP contribution in [0.5, 0.6) is 0 Å². The molecule has 2 fully saturated rings. The zero-order valence-corrected chi connectivity index (χ0v) is 11.8. The first-order valence-corrected chi connectivity index (χ1v) is 7.29. The molecule has 0 radical (unpaired) electrons. The molecule has 0 spiro atoms. The van der Waals surface area contributed by atoms with Crippen molar-refractivity contribution in [2.45, 2.75) is 52.0 Å². The van der Waals surface area contributed by atoms with Gasteiger partial charge < -0.3 is 10.3 Å². The molecule has 5 heteroatoms. The summed E-state index contributed by atoms with van der Waals surface area (Å²) in [7, 11) is 0. The van der Waals surface area contributed by atoms with Gasteiger partial charge in [-0.2, -0.15) is 0 Å². The summed E-state index contributed by atoms with van der Waals surface area (Å²) >= 11 is 0. The highest BCUT2D eigenvalue weighted by Gasteiger charge is 2.37. The number of aryl methyl sites for hydroxylation is 1. The molecule has 1 aliphatic heterocycles. The van der Waals surface area contributed by atoms with Crippen LogP contribution in [0.2, 0.25) is 0 Å². The first kappa shape index (κ1) is 12.7. The number of aromatic nitrogens is 2. The van der Waals surface area contributed by atoms with Crippen molar-refractivity contribution in [3.8, 4) is 0 Å². The van der Waals surface area contributed by atoms with Crippen molar-refractivity contribution >= 4 is 11.6 Å². The van der Waals surface area contributed by atoms with Crippen LogP contribution in [0.4, 0.5) is 11.6 Å². The lowest BCUT2D eigenvalue weighted by Crippen LogP contribution is -2.36. The molecule has 104 valence electrons. The summed E-state index contributed by atoms with van der Waals surface area (Å²) < 4.78 is 0. The molecule has 2 heterocycles. The summed E-state index contributed by atoms with van der Waals surface area (Å²) in [6.07, 6.45) is 6.73. The number of nitrogens with two attached hydrogens (primary N) is 1. The smallest absolute Gasteiger partial charge is 0.148 e. The van der Waals surface area contributed by atoms with E-state index in [1.807, 2.05) is 6.92 Å². The van der Waals surface area contributed by atoms with E-state index in [1.54, 1.807) is 0 Å². The lowest BCUT2D eigenvalue weighted by Gasteiger charge is -2.33. The Morgan fingerprint density at radius 3 is 2.74 bits per heavy atom. The van der Waals surface area contributed by atoms with Gasteiger partial charge in [0.15, 0.2) is 0 Å². The zero-order chi connectivity index (χ0) is 13.4. The quantitative estimate of drug-likeness (QED) is 0.630. The molecule has 3 N–H and O–H groups in total. The van der Waals surface area contributed by atoms with E-state index in [1.165, 1.54) is 32.1 Å². The molecular weight excluding hydrogens is 238 g/mol. The topological polar surface area (TPSA) is 67.1 Å². The molecular formula is C14H23N5. The third-order valence-electron chi connectivity index (χ3n) is 4.65. The number of anilines is 2. The minimum atomic E-state index is 0.673. The molecule has 2 aliphatic rings. The van der Waals surface area contributed by atoms with Gasteiger partial charge in [-0.15, -0.1) is 0 Å². The van der Waals surface area contributed by atoms with Crippen LogP contribution in [0.1, 0.15) is 43.5 Å². The third kappa shape index (κ3) is 2.16. The summed E-state index contributed by atoms with van der Waals surface area (Å²) in [5, 5.41) is 0. The Bertz CT molecular complexity index is 473. The summed E-state index contributed by atoms with van der Waals surface area (Å²) in [6, 6.07) is 0.673. The van der Waals surface area contributed by atoms with Gasteiger partial charge in [0.1, 0.15) is 17.5 Å². The zero-order valence-electron chi connectivity index (χ0n) is 11.8. The van der Waals surface area contributed by atoms with Gasteiger partial charge in [0.2, 0.25) is 0 Å². The van der Waals surface area contributed by atoms with Crippen molar-refractivity contribution in [3.63, 3.8) is 0 Å². The van der Waals surface area contributed by atoms with Crippen LogP contribution in [0.15, 0.2) is 0 Å². The lowest BCUT2D eigenvalue weighted by molar-refractivity contribution is 0.341. The molecule has 1 aromatic heterocycles. The number of fused-ring (bicyclic) bond motifs is 1. The van der Waals surface area contributed by atoms with Crippen LogP contribution in [-0.4, -0.2) is 22.6 Å². The van der Waals surface area contributed by atoms with Crippen LogP contribution in [0.3, 0.4) is 0 Å². The van der Waals surface area contributed by atoms with Gasteiger partial charge in [0, 0.05) is 18.2 Å². The van der Waals surface area contributed by atoms with Gasteiger partial charge >= 0.3 is 0 Å². The Balaban J connectivity index is 1.95. The van der Waals surface area contributed by atoms with Gasteiger partial charge in [0.25, 0.3) is 0 Å². The maximum Gasteiger partial charge on any atom is 0.148 e. The number of hydrogen-bond donors (Lipinski definition) is 2. The summed E-state index contributed by atoms with van der Waals surface area (Å²) in [4.78, 5) is 11.5. The van der Waals surface area contributed by atoms with Gasteiger partial charge in [-0.25, -0.2) is 15.8 Å². The number of hydrazine groups is 1. The first-order chi connectivity index (χ1) is 9.20. The molecule has 0 bridgehead atoms. The standard InChI is InChI=1S/C14H23N5/c1-9-13(18-15)16-10(2)17-14(9)19-8-7-11-5-3-4-6-12(11)19/h11-12H,3-8,15H2,1-2H3,(H,16,17,18). The van der Waals surface area contributed by atoms with Crippen LogP contribution >= 0.6 is 0 Å². The lowest BCUT2D eigenvalue weighted by atomic mass is 9.85. The highest BCUT2D eigenvalue weighted by atomic mass is 15.3. The van der Waals surface area contributed by atoms with Crippen molar-refractivity contribution in [2.24, 2.45) is 11.8 Å². The van der Waals surface area contributed by atoms with E-state index in [9.17, 15) is 0 Å². The van der Waals surface area contributed by atoms with Crippen molar-refractivity contribution in [1.82, 2.24) is 9.97 Å². The van der Waals surface area contributed by atoms with E-state index in [4.69, 9.17) is 5.84 Å². The largest absolute Gasteiger partial charge is 0.353 e. The molecule has 1 aliphatic carbocycles. The Hall–Kier alpha value is -1.36. The Kier molecular flexibility index (Phi) is 3.31. The summed E-state index contributed by atoms with van der Waals surface area (Å²) in [5.74, 6) is 9.03. The van der Waals surface area contributed by atoms with Crippen molar-refractivity contribution in [3.05, 3.63) is 11.4 Å². The van der Waals surface area contributed by atoms with Crippen LogP contribution in [0.25, 0.3) is 0 Å². The summed E-state index contributed by atoms with van der Waals surface area (Å²) in [5.41, 5.74) is 3.76. The van der Waals surface area contributed by atoms with E-state index in [-0.39, 0.29) is 0 Å². The molecule has 1 aromatic rings. The Morgan fingerprint density at radius 1 is 1.16 bits per heavy atom. The molecule has 1 saturated carbocycles. The van der Waals surface area contributed by atoms with Crippen molar-refractivity contribution < 1.29 is 0 Å². The number of rotatable bonds is 2. The van der Waals surface area contributed by atoms with E-state index in [2.05, 4.69) is 27.2 Å². The number of nitrogens with zero attached hydrogens (tertiary/aromatic N) is 3. The predicted octanol–water partition coefficient (Wildman–Crippen LogP) is 2.15. The monoisotopic (exact) mass is 261 g/mol. The summed E-state index contributed by atoms with van der Waals surface area (Å²) in [6.45, 7) is 5.11. The molecule has 2 atom stereocenters. The maximum absolute atomic E-state index is 5.56. The Labute approximate surface area is 114 Å². The SMILES string of the molecule is Cc1nc(NN)c(C)c(N2CCC3CCCCC32)n1. The Morgan fingerprint density at radius 2 is 1.95 bits per heavy atom. The van der Waals surface area contributed by atoms with E-state index in [0.29, 0.717) is 6.04 Å². The van der Waals surface area contributed by atoms with Crippen LogP contribution in [0, 0.1) is 19.8 Å². The van der Waals surface area contributed by atoms with Gasteiger partial charge in [0.05, 0.1) is 0 Å². The molecule has 1 saturated heterocycles. The highest BCUT2D eigenvalue weighted by molar-refractivity contribution is 5.59. The highest BCUT2D eigenvalue weighted by Crippen LogP contribution is 2.39. The second-order valence-corrected chi connectivity index (χ2v) is 5.81. The van der Waals surface area contributed by atoms with Crippen molar-refractivity contribution in [1.29, 1.82) is 0 Å². The molecule has 0 amide bonds. The molecule has 0 aromatic carbocycles. The van der Waals surface area contributed by atoms with Gasteiger partial charge in [-0.3, -0.25) is 0 Å². The van der Waals surface area contributed by atoms with Crippen molar-refractivity contribution in [2.75, 3.05) is 16.9 Å². The average molecular weight is 261 g/mol. The van der Waals surface area contributed by atoms with Gasteiger partial charge in [-0.05, 0) is 39.0 Å². The second kappa shape index (κ2) is 4.96. The number of hydrogen-bond acceptors (Lipinski definition) is 5. The molecule has 5 nitrogen and oxygen atoms in total. The maximum atomic E-state index is 5.56. The fourth-order valence-corrected chi connectivity index (χ4v) is 3.70. The van der Waals surface area contributed by atoms with Crippen LogP contribution < -0.4 is 16.2 Å². The number of nitrogens with one attached hydrogen (secondary N) is 1. The predicted molar refractivity (Wildman–Crippen MR) is 77.0 cm³/mol. The fourth-order valence-electron chi connectivity index (χ4n) is 3.70. The number of nitrogen functional groups attached to an aromatic ring is 1. The average Bonchev–Trinajstić information content (AvgIpc) is 2.85. The van der Waals surface area contributed by atoms with Gasteiger partial charge in [-0.1, -0.05) is 12.8 Å². The molecule has 3 rings (SSSR count). The first-order valence-electron chi connectivity index (χ1n) is 7.29. The normalized spacial score (nSPS) is 26.4.